The lowest BCUT2D eigenvalue weighted by atomic mass is 10.3. The minimum atomic E-state index is -0.472. The number of thioether (sulfide) groups is 1. The number of rotatable bonds is 5. The summed E-state index contributed by atoms with van der Waals surface area (Å²) >= 11 is 1.19. The number of aromatic amines is 1. The van der Waals surface area contributed by atoms with E-state index in [9.17, 15) is 14.9 Å². The predicted molar refractivity (Wildman–Crippen MR) is 83.3 cm³/mol. The minimum absolute atomic E-state index is 0.0168. The van der Waals surface area contributed by atoms with Gasteiger partial charge in [-0.05, 0) is 13.0 Å². The molecule has 0 radical (unpaired) electrons. The van der Waals surface area contributed by atoms with E-state index in [1.807, 2.05) is 0 Å². The van der Waals surface area contributed by atoms with Gasteiger partial charge >= 0.3 is 0 Å². The van der Waals surface area contributed by atoms with Crippen LogP contribution in [-0.4, -0.2) is 31.7 Å². The van der Waals surface area contributed by atoms with E-state index < -0.39 is 4.92 Å². The van der Waals surface area contributed by atoms with Gasteiger partial charge in [-0.1, -0.05) is 16.9 Å². The molecule has 0 unspecified atom stereocenters. The molecular formula is C13H11N5O4S. The first-order valence-electron chi connectivity index (χ1n) is 6.51. The molecule has 3 rings (SSSR count). The highest BCUT2D eigenvalue weighted by Gasteiger charge is 2.12. The van der Waals surface area contributed by atoms with E-state index in [0.29, 0.717) is 27.8 Å². The van der Waals surface area contributed by atoms with E-state index in [1.165, 1.54) is 23.9 Å². The maximum absolute atomic E-state index is 11.8. The summed E-state index contributed by atoms with van der Waals surface area (Å²) in [5, 5.41) is 17.5. The Bertz CT molecular complexity index is 888. The van der Waals surface area contributed by atoms with Crippen molar-refractivity contribution in [3.8, 4) is 0 Å². The van der Waals surface area contributed by atoms with Crippen LogP contribution in [-0.2, 0) is 4.79 Å². The quantitative estimate of drug-likeness (QED) is 0.417. The molecule has 3 aromatic rings. The van der Waals surface area contributed by atoms with E-state index in [-0.39, 0.29) is 17.3 Å². The fraction of sp³-hybridized carbons (Fsp3) is 0.154. The Balaban J connectivity index is 1.64. The number of nitro benzene ring substituents is 1. The van der Waals surface area contributed by atoms with Crippen molar-refractivity contribution in [2.24, 2.45) is 0 Å². The SMILES string of the molecule is Cc1cc(NC(=O)CSc2nc3ccc([N+](=O)[O-])cc3[nH]2)no1. The Morgan fingerprint density at radius 1 is 1.48 bits per heavy atom. The number of carbonyl (C=O) groups is 1. The van der Waals surface area contributed by atoms with Crippen molar-refractivity contribution >= 4 is 40.2 Å². The highest BCUT2D eigenvalue weighted by atomic mass is 32.2. The van der Waals surface area contributed by atoms with Crippen molar-refractivity contribution < 1.29 is 14.2 Å². The molecular weight excluding hydrogens is 322 g/mol. The van der Waals surface area contributed by atoms with Crippen LogP contribution in [0.1, 0.15) is 5.76 Å². The van der Waals surface area contributed by atoms with Gasteiger partial charge in [0.25, 0.3) is 5.69 Å². The fourth-order valence-electron chi connectivity index (χ4n) is 1.89. The first kappa shape index (κ1) is 15.0. The molecule has 0 atom stereocenters. The van der Waals surface area contributed by atoms with Gasteiger partial charge < -0.3 is 14.8 Å². The summed E-state index contributed by atoms with van der Waals surface area (Å²) in [6.45, 7) is 1.73. The number of non-ortho nitro benzene ring substituents is 1. The topological polar surface area (TPSA) is 127 Å². The number of amides is 1. The smallest absolute Gasteiger partial charge is 0.271 e. The second kappa shape index (κ2) is 6.08. The molecule has 1 amide bonds. The standard InChI is InChI=1S/C13H11N5O4S/c1-7-4-11(17-22-7)16-12(19)6-23-13-14-9-3-2-8(18(20)21)5-10(9)15-13/h2-5H,6H2,1H3,(H,14,15)(H,16,17,19). The molecule has 1 aromatic carbocycles. The van der Waals surface area contributed by atoms with Crippen LogP contribution in [0.4, 0.5) is 11.5 Å². The Morgan fingerprint density at radius 2 is 2.30 bits per heavy atom. The van der Waals surface area contributed by atoms with E-state index in [1.54, 1.807) is 19.1 Å². The molecule has 2 aromatic heterocycles. The monoisotopic (exact) mass is 333 g/mol. The summed E-state index contributed by atoms with van der Waals surface area (Å²) in [6, 6.07) is 5.97. The van der Waals surface area contributed by atoms with Crippen molar-refractivity contribution in [1.82, 2.24) is 15.1 Å². The summed E-state index contributed by atoms with van der Waals surface area (Å²) < 4.78 is 4.85. The summed E-state index contributed by atoms with van der Waals surface area (Å²) in [5.74, 6) is 0.822. The average Bonchev–Trinajstić information content (AvgIpc) is 3.09. The number of benzene rings is 1. The van der Waals surface area contributed by atoms with Crippen LogP contribution >= 0.6 is 11.8 Å². The van der Waals surface area contributed by atoms with Crippen LogP contribution in [0, 0.1) is 17.0 Å². The first-order chi connectivity index (χ1) is 11.0. The molecule has 0 bridgehead atoms. The summed E-state index contributed by atoms with van der Waals surface area (Å²) in [6.07, 6.45) is 0. The zero-order valence-corrected chi connectivity index (χ0v) is 12.7. The number of nitro groups is 1. The number of carbonyl (C=O) groups excluding carboxylic acids is 1. The number of aromatic nitrogens is 3. The summed E-state index contributed by atoms with van der Waals surface area (Å²) in [5.41, 5.74) is 1.14. The zero-order chi connectivity index (χ0) is 16.4. The summed E-state index contributed by atoms with van der Waals surface area (Å²) in [7, 11) is 0. The third kappa shape index (κ3) is 3.48. The van der Waals surface area contributed by atoms with Gasteiger partial charge in [0.1, 0.15) is 5.76 Å². The molecule has 0 aliphatic heterocycles. The van der Waals surface area contributed by atoms with Gasteiger partial charge in [0.15, 0.2) is 11.0 Å². The van der Waals surface area contributed by atoms with E-state index in [0.717, 1.165) is 0 Å². The number of nitrogens with zero attached hydrogens (tertiary/aromatic N) is 3. The average molecular weight is 333 g/mol. The highest BCUT2D eigenvalue weighted by molar-refractivity contribution is 7.99. The molecule has 23 heavy (non-hydrogen) atoms. The molecule has 0 aliphatic carbocycles. The second-order valence-electron chi connectivity index (χ2n) is 4.66. The zero-order valence-electron chi connectivity index (χ0n) is 11.9. The predicted octanol–water partition coefficient (Wildman–Crippen LogP) is 2.50. The highest BCUT2D eigenvalue weighted by Crippen LogP contribution is 2.23. The number of fused-ring (bicyclic) bond motifs is 1. The molecule has 9 nitrogen and oxygen atoms in total. The number of aryl methyl sites for hydroxylation is 1. The third-order valence-electron chi connectivity index (χ3n) is 2.89. The minimum Gasteiger partial charge on any atom is -0.360 e. The lowest BCUT2D eigenvalue weighted by molar-refractivity contribution is -0.384. The second-order valence-corrected chi connectivity index (χ2v) is 5.62. The number of H-pyrrole nitrogens is 1. The van der Waals surface area contributed by atoms with Gasteiger partial charge in [0.05, 0.1) is 21.7 Å². The van der Waals surface area contributed by atoms with Crippen LogP contribution < -0.4 is 5.32 Å². The maximum atomic E-state index is 11.8. The van der Waals surface area contributed by atoms with Gasteiger partial charge in [-0.25, -0.2) is 4.98 Å². The van der Waals surface area contributed by atoms with E-state index in [2.05, 4.69) is 20.4 Å². The Kier molecular flexibility index (Phi) is 3.98. The molecule has 2 heterocycles. The first-order valence-corrected chi connectivity index (χ1v) is 7.50. The molecule has 118 valence electrons. The molecule has 0 saturated carbocycles. The van der Waals surface area contributed by atoms with Gasteiger partial charge in [-0.3, -0.25) is 14.9 Å². The number of nitrogens with one attached hydrogen (secondary N) is 2. The lowest BCUT2D eigenvalue weighted by Gasteiger charge is -1.98. The summed E-state index contributed by atoms with van der Waals surface area (Å²) in [4.78, 5) is 29.3. The van der Waals surface area contributed by atoms with Crippen molar-refractivity contribution in [1.29, 1.82) is 0 Å². The van der Waals surface area contributed by atoms with Crippen molar-refractivity contribution in [2.45, 2.75) is 12.1 Å². The molecule has 0 aliphatic rings. The van der Waals surface area contributed by atoms with Crippen LogP contribution in [0.2, 0.25) is 0 Å². The Morgan fingerprint density at radius 3 is 3.00 bits per heavy atom. The van der Waals surface area contributed by atoms with E-state index in [4.69, 9.17) is 4.52 Å². The van der Waals surface area contributed by atoms with Gasteiger partial charge in [0.2, 0.25) is 5.91 Å². The van der Waals surface area contributed by atoms with E-state index >= 15 is 0 Å². The van der Waals surface area contributed by atoms with Crippen molar-refractivity contribution in [2.75, 3.05) is 11.1 Å². The maximum Gasteiger partial charge on any atom is 0.271 e. The number of hydrogen-bond acceptors (Lipinski definition) is 7. The number of anilines is 1. The normalized spacial score (nSPS) is 10.8. The van der Waals surface area contributed by atoms with Gasteiger partial charge in [0, 0.05) is 18.2 Å². The van der Waals surface area contributed by atoms with Crippen molar-refractivity contribution in [3.63, 3.8) is 0 Å². The lowest BCUT2D eigenvalue weighted by Crippen LogP contribution is -2.14. The van der Waals surface area contributed by atoms with Crippen LogP contribution in [0.3, 0.4) is 0 Å². The number of imidazole rings is 1. The molecule has 2 N–H and O–H groups in total. The van der Waals surface area contributed by atoms with Crippen LogP contribution in [0.25, 0.3) is 11.0 Å². The third-order valence-corrected chi connectivity index (χ3v) is 3.76. The fourth-order valence-corrected chi connectivity index (χ4v) is 2.58. The van der Waals surface area contributed by atoms with Gasteiger partial charge in [-0.15, -0.1) is 0 Å². The molecule has 10 heteroatoms. The largest absolute Gasteiger partial charge is 0.360 e. The van der Waals surface area contributed by atoms with Crippen LogP contribution in [0.15, 0.2) is 33.9 Å². The van der Waals surface area contributed by atoms with Crippen molar-refractivity contribution in [3.05, 3.63) is 40.1 Å². The van der Waals surface area contributed by atoms with Gasteiger partial charge in [-0.2, -0.15) is 0 Å². The Labute approximate surface area is 133 Å². The molecule has 0 saturated heterocycles. The number of hydrogen-bond donors (Lipinski definition) is 2. The Hall–Kier alpha value is -2.88. The molecule has 0 fully saturated rings. The van der Waals surface area contributed by atoms with Crippen LogP contribution in [0.5, 0.6) is 0 Å². The molecule has 0 spiro atoms.